The molecule has 6 rings (SSSR count). The van der Waals surface area contributed by atoms with E-state index >= 15 is 0 Å². The van der Waals surface area contributed by atoms with Gasteiger partial charge < -0.3 is 20.1 Å². The van der Waals surface area contributed by atoms with Gasteiger partial charge in [-0.1, -0.05) is 36.4 Å². The fourth-order valence-electron chi connectivity index (χ4n) is 4.67. The number of carbonyl (C=O) groups is 1. The van der Waals surface area contributed by atoms with E-state index in [9.17, 15) is 25.0 Å². The summed E-state index contributed by atoms with van der Waals surface area (Å²) in [5, 5.41) is 29.8. The number of non-ortho nitro benzene ring substituents is 2. The van der Waals surface area contributed by atoms with E-state index in [0.29, 0.717) is 11.3 Å². The normalized spacial score (nSPS) is 13.1. The predicted octanol–water partition coefficient (Wildman–Crippen LogP) is 5.24. The van der Waals surface area contributed by atoms with Crippen LogP contribution in [0.2, 0.25) is 0 Å². The van der Waals surface area contributed by atoms with Crippen molar-refractivity contribution in [2.45, 2.75) is 0 Å². The van der Waals surface area contributed by atoms with Gasteiger partial charge in [-0.3, -0.25) is 35.4 Å². The van der Waals surface area contributed by atoms with Gasteiger partial charge in [0.25, 0.3) is 17.3 Å². The fourth-order valence-corrected chi connectivity index (χ4v) is 4.67. The number of ether oxygens (including phenoxy) is 2. The third-order valence-corrected chi connectivity index (χ3v) is 7.00. The van der Waals surface area contributed by atoms with Crippen molar-refractivity contribution in [3.63, 3.8) is 0 Å². The van der Waals surface area contributed by atoms with Gasteiger partial charge in [-0.2, -0.15) is 20.0 Å². The highest BCUT2D eigenvalue weighted by Crippen LogP contribution is 2.33. The number of pyridine rings is 1. The number of nitrogens with one attached hydrogen (secondary N) is 3. The van der Waals surface area contributed by atoms with E-state index in [0.717, 1.165) is 0 Å². The third kappa shape index (κ3) is 7.08. The molecule has 3 N–H and O–H groups in total. The molecule has 1 aliphatic heterocycles. The third-order valence-electron chi connectivity index (χ3n) is 7.00. The largest absolute Gasteiger partial charge is 0.494 e. The van der Waals surface area contributed by atoms with Gasteiger partial charge in [0.05, 0.1) is 53.3 Å². The van der Waals surface area contributed by atoms with Crippen LogP contribution in [0.25, 0.3) is 6.08 Å². The summed E-state index contributed by atoms with van der Waals surface area (Å²) in [4.78, 5) is 57.5. The highest BCUT2D eigenvalue weighted by molar-refractivity contribution is 6.20. The van der Waals surface area contributed by atoms with Crippen LogP contribution in [0.3, 0.4) is 0 Å². The first-order valence-electron chi connectivity index (χ1n) is 14.6. The number of hydrogen-bond donors (Lipinski definition) is 3. The molecule has 0 unspecified atom stereocenters. The van der Waals surface area contributed by atoms with Crippen LogP contribution in [-0.2, 0) is 4.79 Å². The quantitative estimate of drug-likeness (QED) is 0.0873. The molecule has 3 heterocycles. The number of hydrogen-bond acceptors (Lipinski definition) is 15. The molecule has 50 heavy (non-hydrogen) atoms. The Bertz CT molecular complexity index is 2080. The first-order valence-corrected chi connectivity index (χ1v) is 14.6. The van der Waals surface area contributed by atoms with Crippen LogP contribution in [0.15, 0.2) is 102 Å². The van der Waals surface area contributed by atoms with Gasteiger partial charge >= 0.3 is 0 Å². The van der Waals surface area contributed by atoms with Gasteiger partial charge in [0.15, 0.2) is 5.84 Å². The highest BCUT2D eigenvalue weighted by Gasteiger charge is 2.33. The van der Waals surface area contributed by atoms with Crippen LogP contribution in [0.4, 0.5) is 40.6 Å². The maximum atomic E-state index is 13.8. The molecule has 18 heteroatoms. The number of aliphatic imine (C=N–C) groups is 1. The number of rotatable bonds is 12. The Morgan fingerprint density at radius 3 is 1.82 bits per heavy atom. The minimum atomic E-state index is -0.563. The van der Waals surface area contributed by atoms with Crippen LogP contribution in [0, 0.1) is 20.2 Å². The van der Waals surface area contributed by atoms with E-state index in [1.54, 1.807) is 54.7 Å². The molecule has 5 aromatic rings. The molecule has 0 atom stereocenters. The first kappa shape index (κ1) is 32.4. The Morgan fingerprint density at radius 1 is 0.740 bits per heavy atom. The monoisotopic (exact) mass is 675 g/mol. The van der Waals surface area contributed by atoms with Gasteiger partial charge in [0.1, 0.15) is 17.2 Å². The smallest absolute Gasteiger partial charge is 0.297 e. The van der Waals surface area contributed by atoms with Crippen molar-refractivity contribution in [2.75, 3.05) is 30.3 Å². The van der Waals surface area contributed by atoms with Crippen molar-refractivity contribution in [1.29, 1.82) is 0 Å². The molecular weight excluding hydrogens is 650 g/mol. The molecule has 0 spiro atoms. The second-order valence-corrected chi connectivity index (χ2v) is 10.2. The molecule has 2 aromatic heterocycles. The van der Waals surface area contributed by atoms with Gasteiger partial charge in [0, 0.05) is 23.9 Å². The van der Waals surface area contributed by atoms with Crippen molar-refractivity contribution < 1.29 is 24.1 Å². The Morgan fingerprint density at radius 2 is 1.30 bits per heavy atom. The maximum Gasteiger partial charge on any atom is 0.297 e. The van der Waals surface area contributed by atoms with E-state index in [4.69, 9.17) is 9.47 Å². The molecular formula is C32H25N11O7. The molecule has 0 radical (unpaired) electrons. The standard InChI is InChI=1S/C32H25N11O7/c1-49-26-17-21(42(45)46)11-13-23(26)35-30-37-31(36-24-14-12-22(43(47)48)18-27(24)50-2)39-32(38-30)40-41-28(19-8-4-3-5-9-19)34-25(29(41)44)16-20-10-6-7-15-33-20/h3-18H,1-2H3,(H3,35,36,37,38,39,40). The molecule has 3 aromatic carbocycles. The van der Waals surface area contributed by atoms with Gasteiger partial charge in [0.2, 0.25) is 17.8 Å². The lowest BCUT2D eigenvalue weighted by atomic mass is 10.2. The zero-order valence-corrected chi connectivity index (χ0v) is 26.2. The van der Waals surface area contributed by atoms with Gasteiger partial charge in [-0.05, 0) is 30.3 Å². The Balaban J connectivity index is 1.41. The zero-order valence-electron chi connectivity index (χ0n) is 26.2. The number of nitrogens with zero attached hydrogens (tertiary/aromatic N) is 8. The average Bonchev–Trinajstić information content (AvgIpc) is 3.42. The molecule has 1 aliphatic rings. The van der Waals surface area contributed by atoms with E-state index in [1.807, 2.05) is 6.07 Å². The van der Waals surface area contributed by atoms with E-state index < -0.39 is 15.8 Å². The number of benzene rings is 3. The number of amides is 1. The predicted molar refractivity (Wildman–Crippen MR) is 181 cm³/mol. The lowest BCUT2D eigenvalue weighted by Gasteiger charge is -2.20. The number of methoxy groups -OCH3 is 2. The molecule has 0 saturated carbocycles. The summed E-state index contributed by atoms with van der Waals surface area (Å²) in [5.41, 5.74) is 4.28. The minimum absolute atomic E-state index is 0.0767. The molecule has 1 amide bonds. The maximum absolute atomic E-state index is 13.8. The summed E-state index contributed by atoms with van der Waals surface area (Å²) < 4.78 is 10.7. The minimum Gasteiger partial charge on any atom is -0.494 e. The van der Waals surface area contributed by atoms with Gasteiger partial charge in [-0.25, -0.2) is 4.99 Å². The van der Waals surface area contributed by atoms with Crippen molar-refractivity contribution in [2.24, 2.45) is 4.99 Å². The first-order chi connectivity index (χ1) is 24.2. The Hall–Kier alpha value is -7.50. The number of anilines is 5. The zero-order chi connectivity index (χ0) is 35.2. The van der Waals surface area contributed by atoms with E-state index in [-0.39, 0.29) is 63.6 Å². The number of hydrazine groups is 1. The molecule has 0 fully saturated rings. The number of carbonyl (C=O) groups excluding carboxylic acids is 1. The highest BCUT2D eigenvalue weighted by atomic mass is 16.6. The van der Waals surface area contributed by atoms with Crippen molar-refractivity contribution in [1.82, 2.24) is 24.9 Å². The molecule has 250 valence electrons. The summed E-state index contributed by atoms with van der Waals surface area (Å²) in [6, 6.07) is 22.1. The van der Waals surface area contributed by atoms with Crippen molar-refractivity contribution in [3.05, 3.63) is 128 Å². The molecule has 0 bridgehead atoms. The van der Waals surface area contributed by atoms with Crippen LogP contribution in [0.1, 0.15) is 11.3 Å². The van der Waals surface area contributed by atoms with E-state index in [1.165, 1.54) is 55.6 Å². The van der Waals surface area contributed by atoms with Crippen molar-refractivity contribution in [3.8, 4) is 11.5 Å². The lowest BCUT2D eigenvalue weighted by Crippen LogP contribution is -2.38. The van der Waals surface area contributed by atoms with Crippen LogP contribution in [-0.4, -0.2) is 60.8 Å². The van der Waals surface area contributed by atoms with Crippen molar-refractivity contribution >= 4 is 58.4 Å². The summed E-state index contributed by atoms with van der Waals surface area (Å²) in [6.07, 6.45) is 3.14. The fraction of sp³-hybridized carbons (Fsp3) is 0.0625. The molecule has 0 aliphatic carbocycles. The average molecular weight is 676 g/mol. The second kappa shape index (κ2) is 14.1. The summed E-state index contributed by atoms with van der Waals surface area (Å²) in [5.74, 6) is -0.331. The van der Waals surface area contributed by atoms with Crippen LogP contribution in [0.5, 0.6) is 11.5 Å². The van der Waals surface area contributed by atoms with Crippen LogP contribution >= 0.6 is 0 Å². The lowest BCUT2D eigenvalue weighted by molar-refractivity contribution is -0.385. The summed E-state index contributed by atoms with van der Waals surface area (Å²) >= 11 is 0. The Kier molecular flexibility index (Phi) is 9.14. The SMILES string of the molecule is COc1cc([N+](=O)[O-])ccc1Nc1nc(Nc2ccc([N+](=O)[O-])cc2OC)nc(NN2C(=O)C(=Cc3ccccn3)N=C2c2ccccc2)n1. The summed E-state index contributed by atoms with van der Waals surface area (Å²) in [6.45, 7) is 0. The number of nitro groups is 2. The molecule has 0 saturated heterocycles. The number of nitro benzene ring substituents is 2. The number of aromatic nitrogens is 4. The number of amidine groups is 1. The van der Waals surface area contributed by atoms with Gasteiger partial charge in [-0.15, -0.1) is 0 Å². The molecule has 18 nitrogen and oxygen atoms in total. The van der Waals surface area contributed by atoms with Crippen LogP contribution < -0.4 is 25.5 Å². The second-order valence-electron chi connectivity index (χ2n) is 10.2. The summed E-state index contributed by atoms with van der Waals surface area (Å²) in [7, 11) is 2.69. The Labute approximate surface area is 282 Å². The topological polar surface area (TPSA) is 225 Å². The van der Waals surface area contributed by atoms with E-state index in [2.05, 4.69) is 41.0 Å².